The van der Waals surface area contributed by atoms with Crippen molar-refractivity contribution in [3.63, 3.8) is 0 Å². The summed E-state index contributed by atoms with van der Waals surface area (Å²) in [6.07, 6.45) is 2.12. The van der Waals surface area contributed by atoms with Gasteiger partial charge in [0.25, 0.3) is 5.91 Å². The highest BCUT2D eigenvalue weighted by Crippen LogP contribution is 2.20. The molecule has 0 atom stereocenters. The summed E-state index contributed by atoms with van der Waals surface area (Å²) in [5.41, 5.74) is 1.26. The predicted molar refractivity (Wildman–Crippen MR) is 99.4 cm³/mol. The van der Waals surface area contributed by atoms with Crippen molar-refractivity contribution in [3.8, 4) is 0 Å². The summed E-state index contributed by atoms with van der Waals surface area (Å²) in [6.45, 7) is 4.00. The number of hydrogen-bond donors (Lipinski definition) is 3. The zero-order valence-corrected chi connectivity index (χ0v) is 15.0. The Labute approximate surface area is 154 Å². The van der Waals surface area contributed by atoms with Crippen LogP contribution in [-0.4, -0.2) is 55.5 Å². The molecule has 3 rings (SSSR count). The summed E-state index contributed by atoms with van der Waals surface area (Å²) >= 11 is 0. The number of anilines is 1. The maximum absolute atomic E-state index is 12.1. The van der Waals surface area contributed by atoms with E-state index >= 15 is 0 Å². The van der Waals surface area contributed by atoms with Gasteiger partial charge < -0.3 is 16.0 Å². The molecule has 6 nitrogen and oxygen atoms in total. The molecule has 134 valence electrons. The average molecular weight is 375 g/mol. The van der Waals surface area contributed by atoms with Gasteiger partial charge in [0.15, 0.2) is 0 Å². The number of nitrogens with zero attached hydrogens (tertiary/aromatic N) is 1. The van der Waals surface area contributed by atoms with E-state index in [0.717, 1.165) is 39.0 Å². The van der Waals surface area contributed by atoms with Gasteiger partial charge in [-0.2, -0.15) is 0 Å². The van der Waals surface area contributed by atoms with E-state index < -0.39 is 0 Å². The molecule has 8 heteroatoms. The van der Waals surface area contributed by atoms with Crippen molar-refractivity contribution in [2.75, 3.05) is 38.0 Å². The van der Waals surface area contributed by atoms with Crippen LogP contribution >= 0.6 is 24.8 Å². The third-order valence-corrected chi connectivity index (χ3v) is 3.90. The Hall–Kier alpha value is -1.34. The van der Waals surface area contributed by atoms with E-state index in [0.29, 0.717) is 23.8 Å². The molecule has 0 spiro atoms. The largest absolute Gasteiger partial charge is 0.349 e. The molecule has 1 aromatic carbocycles. The number of hydrogen-bond acceptors (Lipinski definition) is 4. The molecule has 2 aliphatic rings. The van der Waals surface area contributed by atoms with Gasteiger partial charge in [0.1, 0.15) is 0 Å². The zero-order chi connectivity index (χ0) is 15.4. The number of piperazine rings is 1. The minimum atomic E-state index is -0.0688. The van der Waals surface area contributed by atoms with Gasteiger partial charge in [-0.1, -0.05) is 6.07 Å². The smallest absolute Gasteiger partial charge is 0.251 e. The van der Waals surface area contributed by atoms with Gasteiger partial charge in [-0.05, 0) is 31.0 Å². The van der Waals surface area contributed by atoms with Gasteiger partial charge in [0.05, 0.1) is 6.54 Å². The number of halogens is 2. The summed E-state index contributed by atoms with van der Waals surface area (Å²) in [6, 6.07) is 7.43. The maximum atomic E-state index is 12.1. The molecule has 2 amide bonds. The molecule has 1 aliphatic heterocycles. The summed E-state index contributed by atoms with van der Waals surface area (Å²) < 4.78 is 0. The lowest BCUT2D eigenvalue weighted by Gasteiger charge is -2.26. The van der Waals surface area contributed by atoms with E-state index in [1.54, 1.807) is 18.2 Å². The number of rotatable bonds is 5. The van der Waals surface area contributed by atoms with Crippen molar-refractivity contribution in [1.29, 1.82) is 0 Å². The van der Waals surface area contributed by atoms with Gasteiger partial charge in [-0.15, -0.1) is 24.8 Å². The second-order valence-corrected chi connectivity index (χ2v) is 5.90. The Bertz CT molecular complexity index is 561. The van der Waals surface area contributed by atoms with Gasteiger partial charge >= 0.3 is 0 Å². The second kappa shape index (κ2) is 9.84. The Balaban J connectivity index is 0.00000144. The van der Waals surface area contributed by atoms with Crippen LogP contribution in [0, 0.1) is 0 Å². The van der Waals surface area contributed by atoms with Crippen LogP contribution in [0.15, 0.2) is 24.3 Å². The van der Waals surface area contributed by atoms with Gasteiger partial charge in [0, 0.05) is 43.5 Å². The lowest BCUT2D eigenvalue weighted by molar-refractivity contribution is -0.117. The molecule has 0 bridgehead atoms. The lowest BCUT2D eigenvalue weighted by Crippen LogP contribution is -2.46. The molecule has 2 fully saturated rings. The van der Waals surface area contributed by atoms with E-state index in [-0.39, 0.29) is 36.6 Å². The van der Waals surface area contributed by atoms with Crippen LogP contribution in [-0.2, 0) is 4.79 Å². The Kier molecular flexibility index (Phi) is 8.48. The Morgan fingerprint density at radius 3 is 2.54 bits per heavy atom. The minimum absolute atomic E-state index is 0. The fraction of sp³-hybridized carbons (Fsp3) is 0.500. The maximum Gasteiger partial charge on any atom is 0.251 e. The molecular formula is C16H24Cl2N4O2. The van der Waals surface area contributed by atoms with Crippen LogP contribution in [0.25, 0.3) is 0 Å². The first-order chi connectivity index (χ1) is 10.7. The molecule has 1 aliphatic carbocycles. The molecule has 0 unspecified atom stereocenters. The summed E-state index contributed by atoms with van der Waals surface area (Å²) in [5.74, 6) is -0.109. The van der Waals surface area contributed by atoms with Crippen LogP contribution in [0.1, 0.15) is 23.2 Å². The zero-order valence-electron chi connectivity index (χ0n) is 13.4. The number of amides is 2. The van der Waals surface area contributed by atoms with Gasteiger partial charge in [-0.3, -0.25) is 14.5 Å². The fourth-order valence-electron chi connectivity index (χ4n) is 2.51. The molecule has 24 heavy (non-hydrogen) atoms. The highest BCUT2D eigenvalue weighted by molar-refractivity contribution is 5.97. The first-order valence-electron chi connectivity index (χ1n) is 7.84. The van der Waals surface area contributed by atoms with Crippen molar-refractivity contribution >= 4 is 42.3 Å². The third kappa shape index (κ3) is 6.28. The van der Waals surface area contributed by atoms with E-state index in [4.69, 9.17) is 0 Å². The third-order valence-electron chi connectivity index (χ3n) is 3.90. The SMILES string of the molecule is Cl.Cl.O=C(CN1CCNCC1)Nc1cccc(C(=O)NC2CC2)c1. The van der Waals surface area contributed by atoms with Crippen LogP contribution in [0.3, 0.4) is 0 Å². The first kappa shape index (κ1) is 20.7. The predicted octanol–water partition coefficient (Wildman–Crippen LogP) is 1.27. The van der Waals surface area contributed by atoms with Crippen LogP contribution in [0.4, 0.5) is 5.69 Å². The highest BCUT2D eigenvalue weighted by atomic mass is 35.5. The normalized spacial score (nSPS) is 17.2. The molecule has 1 aromatic rings. The second-order valence-electron chi connectivity index (χ2n) is 5.90. The quantitative estimate of drug-likeness (QED) is 0.725. The highest BCUT2D eigenvalue weighted by Gasteiger charge is 2.23. The van der Waals surface area contributed by atoms with Crippen molar-refractivity contribution < 1.29 is 9.59 Å². The molecule has 0 radical (unpaired) electrons. The first-order valence-corrected chi connectivity index (χ1v) is 7.84. The molecule has 1 heterocycles. The summed E-state index contributed by atoms with van der Waals surface area (Å²) in [7, 11) is 0. The van der Waals surface area contributed by atoms with Crippen molar-refractivity contribution in [2.45, 2.75) is 18.9 Å². The minimum Gasteiger partial charge on any atom is -0.349 e. The van der Waals surface area contributed by atoms with Crippen molar-refractivity contribution in [3.05, 3.63) is 29.8 Å². The average Bonchev–Trinajstić information content (AvgIpc) is 3.32. The Morgan fingerprint density at radius 2 is 1.88 bits per heavy atom. The molecule has 1 saturated heterocycles. The number of nitrogens with one attached hydrogen (secondary N) is 3. The fourth-order valence-corrected chi connectivity index (χ4v) is 2.51. The molecule has 3 N–H and O–H groups in total. The van der Waals surface area contributed by atoms with E-state index in [1.165, 1.54) is 0 Å². The van der Waals surface area contributed by atoms with Crippen molar-refractivity contribution in [2.24, 2.45) is 0 Å². The van der Waals surface area contributed by atoms with Crippen LogP contribution in [0.2, 0.25) is 0 Å². The summed E-state index contributed by atoms with van der Waals surface area (Å²) in [5, 5.41) is 9.08. The monoisotopic (exact) mass is 374 g/mol. The number of benzene rings is 1. The molecule has 1 saturated carbocycles. The van der Waals surface area contributed by atoms with Crippen molar-refractivity contribution in [1.82, 2.24) is 15.5 Å². The van der Waals surface area contributed by atoms with Crippen LogP contribution in [0.5, 0.6) is 0 Å². The van der Waals surface area contributed by atoms with Gasteiger partial charge in [0.2, 0.25) is 5.91 Å². The molecular weight excluding hydrogens is 351 g/mol. The van der Waals surface area contributed by atoms with Crippen LogP contribution < -0.4 is 16.0 Å². The molecule has 0 aromatic heterocycles. The number of carbonyl (C=O) groups is 2. The number of carbonyl (C=O) groups excluding carboxylic acids is 2. The van der Waals surface area contributed by atoms with E-state index in [9.17, 15) is 9.59 Å². The standard InChI is InChI=1S/C16H22N4O2.2ClH/c21-15(11-20-8-6-17-7-9-20)18-14-3-1-2-12(10-14)16(22)19-13-4-5-13;;/h1-3,10,13,17H,4-9,11H2,(H,18,21)(H,19,22);2*1H. The van der Waals surface area contributed by atoms with Gasteiger partial charge in [-0.25, -0.2) is 0 Å². The Morgan fingerprint density at radius 1 is 1.17 bits per heavy atom. The topological polar surface area (TPSA) is 73.5 Å². The van der Waals surface area contributed by atoms with E-state index in [1.807, 2.05) is 6.07 Å². The van der Waals surface area contributed by atoms with E-state index in [2.05, 4.69) is 20.9 Å². The lowest BCUT2D eigenvalue weighted by atomic mass is 10.2. The summed E-state index contributed by atoms with van der Waals surface area (Å²) in [4.78, 5) is 26.2.